The fraction of sp³-hybridized carbons (Fsp3) is 0.437. The Morgan fingerprint density at radius 2 is 0.515 bits per heavy atom. The number of hydrogen-bond donors (Lipinski definition) is 0. The van der Waals surface area contributed by atoms with Gasteiger partial charge in [0.05, 0.1) is 0 Å². The van der Waals surface area contributed by atoms with E-state index >= 15 is 0 Å². The molecule has 0 spiro atoms. The number of benzene rings is 8. The summed E-state index contributed by atoms with van der Waals surface area (Å²) in [7, 11) is -39.5. The molecule has 4 atom stereocenters. The van der Waals surface area contributed by atoms with Crippen LogP contribution in [0.4, 0.5) is 0 Å². The normalized spacial score (nSPS) is 25.9. The van der Waals surface area contributed by atoms with E-state index in [1.165, 1.54) is 0 Å². The van der Waals surface area contributed by atoms with Crippen molar-refractivity contribution in [3.63, 3.8) is 0 Å². The molecule has 8 aromatic carbocycles. The lowest BCUT2D eigenvalue weighted by Crippen LogP contribution is -2.84. The van der Waals surface area contributed by atoms with Crippen LogP contribution in [0.1, 0.15) is 96.9 Å². The van der Waals surface area contributed by atoms with E-state index in [2.05, 4.69) is 238 Å². The summed E-state index contributed by atoms with van der Waals surface area (Å²) in [5, 5.41) is 11.8. The smallest absolute Gasteiger partial charge is 0.417 e. The Morgan fingerprint density at radius 3 is 0.763 bits per heavy atom. The van der Waals surface area contributed by atoms with Crippen LogP contribution in [0.5, 0.6) is 0 Å². The maximum absolute atomic E-state index is 8.52. The van der Waals surface area contributed by atoms with Gasteiger partial charge in [-0.3, -0.25) is 8.43 Å². The number of rotatable bonds is 20. The third-order valence-electron chi connectivity index (χ3n) is 17.1. The molecule has 4 unspecified atom stereocenters. The Bertz CT molecular complexity index is 4190. The molecule has 0 saturated carbocycles. The maximum Gasteiger partial charge on any atom is 0.498 e. The fourth-order valence-electron chi connectivity index (χ4n) is 14.4. The van der Waals surface area contributed by atoms with Crippen LogP contribution >= 0.6 is 16.5 Å². The molecule has 2 aromatic heterocycles. The minimum atomic E-state index is -4.70. The Morgan fingerprint density at radius 1 is 0.289 bits per heavy atom. The van der Waals surface area contributed by atoms with E-state index < -0.39 is 86.4 Å². The molecule has 0 N–H and O–H groups in total. The summed E-state index contributed by atoms with van der Waals surface area (Å²) in [6.45, 7) is 36.8. The lowest BCUT2D eigenvalue weighted by Gasteiger charge is -2.59. The van der Waals surface area contributed by atoms with E-state index in [9.17, 15) is 0 Å². The molecule has 518 valence electrons. The molecule has 97 heavy (non-hydrogen) atoms. The molecule has 3 fully saturated rings. The molecule has 3 aliphatic heterocycles. The average molecular weight is 1490 g/mol. The van der Waals surface area contributed by atoms with Gasteiger partial charge in [-0.25, -0.2) is 0 Å². The Balaban J connectivity index is 1.15. The quantitative estimate of drug-likeness (QED) is 0.0662. The fourth-order valence-corrected chi connectivity index (χ4v) is 64.0. The van der Waals surface area contributed by atoms with Gasteiger partial charge >= 0.3 is 78.1 Å². The molecule has 3 aliphatic rings. The second kappa shape index (κ2) is 27.6. The van der Waals surface area contributed by atoms with Crippen LogP contribution in [0.15, 0.2) is 162 Å². The molecule has 4 bridgehead atoms. The summed E-state index contributed by atoms with van der Waals surface area (Å²) in [6, 6.07) is 52.0. The van der Waals surface area contributed by atoms with Gasteiger partial charge in [-0.05, 0) is 128 Å². The van der Waals surface area contributed by atoms with Crippen LogP contribution in [0.3, 0.4) is 0 Å². The number of hydrogen-bond acceptors (Lipinski definition) is 16. The van der Waals surface area contributed by atoms with Crippen molar-refractivity contribution in [3.8, 4) is 0 Å². The topological polar surface area (TPSA) is 163 Å². The van der Waals surface area contributed by atoms with Crippen LogP contribution in [0.2, 0.25) is 61.9 Å². The molecule has 16 nitrogen and oxygen atoms in total. The Kier molecular flexibility index (Phi) is 20.2. The lowest BCUT2D eigenvalue weighted by molar-refractivity contribution is 0.0114. The van der Waals surface area contributed by atoms with Crippen molar-refractivity contribution < 1.29 is 66.4 Å². The predicted molar refractivity (Wildman–Crippen MR) is 408 cm³/mol. The molecular formula is C71H96O16P2Si8. The molecular weight excluding hydrogens is 1400 g/mol. The molecule has 10 aromatic rings. The van der Waals surface area contributed by atoms with Crippen molar-refractivity contribution in [1.82, 2.24) is 0 Å². The zero-order valence-corrected chi connectivity index (χ0v) is 69.1. The van der Waals surface area contributed by atoms with Gasteiger partial charge in [0, 0.05) is 63.9 Å². The van der Waals surface area contributed by atoms with Crippen molar-refractivity contribution in [3.05, 3.63) is 146 Å². The Hall–Kier alpha value is -4.14. The first-order chi connectivity index (χ1) is 46.0. The summed E-state index contributed by atoms with van der Waals surface area (Å²) < 4.78 is 129. The van der Waals surface area contributed by atoms with Gasteiger partial charge in [-0.2, -0.15) is 0 Å². The first-order valence-corrected chi connectivity index (χ1v) is 53.9. The largest absolute Gasteiger partial charge is 0.498 e. The van der Waals surface area contributed by atoms with Crippen molar-refractivity contribution in [2.75, 3.05) is 0 Å². The van der Waals surface area contributed by atoms with E-state index in [0.29, 0.717) is 46.5 Å². The standard InChI is InChI=1S/C71H96O16P2Si8/c1-49(2)42-91(76-88-72-64-38-34-56-26-18-22-30-60(56)68(64)69-61-31-23-19-27-57(61)35-39-65(69)73-88)79-94(45-52(7)8)80-92(43-50(3)4,77-89-74-66-40-36-58-28-20-24-32-62(58)70(66)71-63-33-25-21-29-59(63)37-41-67(71)75-89)82-96(47-54(11)12)84-93(44-51(5)6,78-90(15,16)17)83-95(81-91,46-53(9)10)86-97(85-94,87-96)48-55(13)14/h18-41,49-55H,42-48H2,1-17H3. The monoisotopic (exact) mass is 1490 g/mol. The van der Waals surface area contributed by atoms with E-state index in [0.717, 1.165) is 64.6 Å². The highest BCUT2D eigenvalue weighted by Gasteiger charge is 2.79. The molecule has 3 saturated heterocycles. The van der Waals surface area contributed by atoms with Crippen LogP contribution < -0.4 is 8.43 Å². The zero-order valence-electron chi connectivity index (χ0n) is 59.3. The second-order valence-electron chi connectivity index (χ2n) is 30.7. The first kappa shape index (κ1) is 71.3. The second-order valence-corrected chi connectivity index (χ2v) is 58.6. The minimum Gasteiger partial charge on any atom is -0.417 e. The minimum absolute atomic E-state index is 0.0258. The SMILES string of the molecule is CC(C)C[Si]1(Op2oc3ccc4ccccc4c3c3c(ccc4ccccc43)o2)O[Si]2(CC(C)C)O[Si](CC(C)C)(Op3oc4ccc5ccccc5c4c4c(ccc5ccccc54)o3)O[Si]3(CC(C)C)O[Si](CC(C)C)(O[Si](C)(C)C)O[Si](CC(C)C)(O1)O[Si](CC(C)C)(O2)O3. The molecule has 0 aliphatic carbocycles. The molecule has 0 radical (unpaired) electrons. The highest BCUT2D eigenvalue weighted by atomic mass is 31.1. The highest BCUT2D eigenvalue weighted by molar-refractivity contribution is 7.35. The van der Waals surface area contributed by atoms with Gasteiger partial charge < -0.3 is 57.9 Å². The van der Waals surface area contributed by atoms with Crippen molar-refractivity contribution >= 4 is 173 Å². The van der Waals surface area contributed by atoms with Crippen molar-refractivity contribution in [2.45, 2.75) is 159 Å². The van der Waals surface area contributed by atoms with E-state index in [4.69, 9.17) is 66.4 Å². The summed E-state index contributed by atoms with van der Waals surface area (Å²) in [6.07, 6.45) is 0. The van der Waals surface area contributed by atoms with Gasteiger partial charge in [-0.15, -0.1) is 0 Å². The van der Waals surface area contributed by atoms with E-state index in [-0.39, 0.29) is 59.6 Å². The summed E-state index contributed by atoms with van der Waals surface area (Å²) in [4.78, 5) is 0. The van der Waals surface area contributed by atoms with Crippen molar-refractivity contribution in [2.24, 2.45) is 41.4 Å². The van der Waals surface area contributed by atoms with Gasteiger partial charge in [-0.1, -0.05) is 218 Å². The summed E-state index contributed by atoms with van der Waals surface area (Å²) >= 11 is 0. The van der Waals surface area contributed by atoms with E-state index in [1.807, 2.05) is 24.3 Å². The number of fused-ring (bicyclic) bond motifs is 17. The average Bonchev–Trinajstić information content (AvgIpc) is 0.831. The lowest BCUT2D eigenvalue weighted by atomic mass is 9.99. The first-order valence-electron chi connectivity index (χ1n) is 34.8. The zero-order chi connectivity index (χ0) is 68.7. The summed E-state index contributed by atoms with van der Waals surface area (Å²) in [5.41, 5.74) is 2.35. The van der Waals surface area contributed by atoms with Gasteiger partial charge in [0.2, 0.25) is 0 Å². The van der Waals surface area contributed by atoms with E-state index in [1.54, 1.807) is 0 Å². The van der Waals surface area contributed by atoms with Crippen LogP contribution in [-0.2, 0) is 41.2 Å². The van der Waals surface area contributed by atoms with Gasteiger partial charge in [0.15, 0.2) is 8.32 Å². The van der Waals surface area contributed by atoms with Gasteiger partial charge in [0.25, 0.3) is 0 Å². The Labute approximate surface area is 581 Å². The third-order valence-corrected chi connectivity index (χ3v) is 57.2. The summed E-state index contributed by atoms with van der Waals surface area (Å²) in [5.74, 6) is -0.635. The van der Waals surface area contributed by atoms with Crippen molar-refractivity contribution in [1.29, 1.82) is 0 Å². The maximum atomic E-state index is 8.52. The van der Waals surface area contributed by atoms with Gasteiger partial charge in [0.1, 0.15) is 22.3 Å². The molecule has 0 amide bonds. The van der Waals surface area contributed by atoms with Crippen LogP contribution in [0, 0.1) is 41.4 Å². The van der Waals surface area contributed by atoms with Crippen LogP contribution in [0.25, 0.3) is 87.0 Å². The third kappa shape index (κ3) is 15.2. The predicted octanol–water partition coefficient (Wildman–Crippen LogP) is 22.3. The highest BCUT2D eigenvalue weighted by Crippen LogP contribution is 2.54. The molecule has 13 rings (SSSR count). The molecule has 5 heterocycles. The van der Waals surface area contributed by atoms with Crippen LogP contribution in [-0.4, -0.2) is 69.9 Å². The molecule has 26 heteroatoms.